The predicted octanol–water partition coefficient (Wildman–Crippen LogP) is 3.14. The highest BCUT2D eigenvalue weighted by molar-refractivity contribution is 6.35. The van der Waals surface area contributed by atoms with E-state index < -0.39 is 11.8 Å². The summed E-state index contributed by atoms with van der Waals surface area (Å²) >= 11 is 6.10. The molecule has 2 amide bonds. The van der Waals surface area contributed by atoms with Gasteiger partial charge in [0.15, 0.2) is 0 Å². The number of nitrogens with zero attached hydrogens (tertiary/aromatic N) is 1. The molecule has 0 saturated carbocycles. The van der Waals surface area contributed by atoms with Crippen molar-refractivity contribution in [2.24, 2.45) is 11.0 Å². The lowest BCUT2D eigenvalue weighted by molar-refractivity contribution is -0.139. The summed E-state index contributed by atoms with van der Waals surface area (Å²) in [4.78, 5) is 23.1. The highest BCUT2D eigenvalue weighted by Gasteiger charge is 2.12. The molecule has 2 aromatic carbocycles. The first-order valence-corrected chi connectivity index (χ1v) is 8.91. The normalized spacial score (nSPS) is 10.8. The summed E-state index contributed by atoms with van der Waals surface area (Å²) in [6.45, 7) is 4.69. The fraction of sp³-hybridized carbons (Fsp3) is 0.250. The minimum Gasteiger partial charge on any atom is -0.489 e. The molecule has 0 aliphatic carbocycles. The van der Waals surface area contributed by atoms with Crippen LogP contribution in [0.4, 0.5) is 0 Å². The van der Waals surface area contributed by atoms with Crippen LogP contribution in [-0.2, 0) is 16.2 Å². The molecule has 0 heterocycles. The number of benzene rings is 2. The van der Waals surface area contributed by atoms with Crippen LogP contribution in [-0.4, -0.2) is 24.6 Å². The Bertz CT molecular complexity index is 804. The third-order valence-electron chi connectivity index (χ3n) is 3.49. The van der Waals surface area contributed by atoms with Crippen molar-refractivity contribution in [2.45, 2.75) is 20.5 Å². The van der Waals surface area contributed by atoms with Crippen LogP contribution < -0.4 is 15.5 Å². The molecule has 2 aromatic rings. The number of nitrogens with one attached hydrogen (secondary N) is 2. The third kappa shape index (κ3) is 7.11. The minimum atomic E-state index is -0.799. The van der Waals surface area contributed by atoms with Gasteiger partial charge in [0.05, 0.1) is 6.21 Å². The first-order valence-electron chi connectivity index (χ1n) is 8.53. The van der Waals surface area contributed by atoms with E-state index in [4.69, 9.17) is 16.3 Å². The van der Waals surface area contributed by atoms with Gasteiger partial charge in [0.2, 0.25) is 0 Å². The van der Waals surface area contributed by atoms with Crippen molar-refractivity contribution >= 4 is 29.6 Å². The van der Waals surface area contributed by atoms with E-state index in [1.807, 2.05) is 38.1 Å². The SMILES string of the molecule is CC(C)CNC(=O)C(=O)NN=Cc1ccc(OCc2ccccc2Cl)cc1. The number of halogens is 1. The summed E-state index contributed by atoms with van der Waals surface area (Å²) in [6, 6.07) is 14.6. The maximum absolute atomic E-state index is 11.6. The Balaban J connectivity index is 1.81. The van der Waals surface area contributed by atoms with E-state index in [2.05, 4.69) is 15.8 Å². The van der Waals surface area contributed by atoms with Crippen LogP contribution >= 0.6 is 11.6 Å². The number of carbonyl (C=O) groups excluding carboxylic acids is 2. The van der Waals surface area contributed by atoms with E-state index in [1.165, 1.54) is 6.21 Å². The summed E-state index contributed by atoms with van der Waals surface area (Å²) < 4.78 is 5.70. The molecule has 0 bridgehead atoms. The van der Waals surface area contributed by atoms with Crippen molar-refractivity contribution in [3.63, 3.8) is 0 Å². The number of hydrogen-bond acceptors (Lipinski definition) is 4. The Morgan fingerprint density at radius 2 is 1.81 bits per heavy atom. The molecule has 0 radical (unpaired) electrons. The number of hydrazone groups is 1. The summed E-state index contributed by atoms with van der Waals surface area (Å²) in [5.41, 5.74) is 3.85. The van der Waals surface area contributed by atoms with Gasteiger partial charge in [0.1, 0.15) is 12.4 Å². The van der Waals surface area contributed by atoms with Crippen molar-refractivity contribution < 1.29 is 14.3 Å². The smallest absolute Gasteiger partial charge is 0.329 e. The molecule has 2 rings (SSSR count). The van der Waals surface area contributed by atoms with Crippen molar-refractivity contribution in [2.75, 3.05) is 6.54 Å². The number of amides is 2. The quantitative estimate of drug-likeness (QED) is 0.435. The highest BCUT2D eigenvalue weighted by Crippen LogP contribution is 2.18. The van der Waals surface area contributed by atoms with Crippen molar-refractivity contribution in [3.8, 4) is 5.75 Å². The number of rotatable bonds is 7. The van der Waals surface area contributed by atoms with Gasteiger partial charge in [-0.25, -0.2) is 5.43 Å². The molecule has 142 valence electrons. The van der Waals surface area contributed by atoms with Gasteiger partial charge in [0.25, 0.3) is 0 Å². The van der Waals surface area contributed by atoms with Crippen molar-refractivity contribution in [1.29, 1.82) is 0 Å². The third-order valence-corrected chi connectivity index (χ3v) is 3.86. The first-order chi connectivity index (χ1) is 13.0. The Morgan fingerprint density at radius 3 is 2.48 bits per heavy atom. The van der Waals surface area contributed by atoms with Gasteiger partial charge in [-0.05, 0) is 41.8 Å². The van der Waals surface area contributed by atoms with Crippen molar-refractivity contribution in [3.05, 3.63) is 64.7 Å². The van der Waals surface area contributed by atoms with E-state index in [0.717, 1.165) is 11.1 Å². The van der Waals surface area contributed by atoms with E-state index in [1.54, 1.807) is 24.3 Å². The Hall–Kier alpha value is -2.86. The monoisotopic (exact) mass is 387 g/mol. The maximum Gasteiger partial charge on any atom is 0.329 e. The van der Waals surface area contributed by atoms with Crippen LogP contribution in [0.1, 0.15) is 25.0 Å². The summed E-state index contributed by atoms with van der Waals surface area (Å²) in [7, 11) is 0. The van der Waals surface area contributed by atoms with Crippen LogP contribution in [0.2, 0.25) is 5.02 Å². The zero-order valence-corrected chi connectivity index (χ0v) is 16.0. The first kappa shape index (κ1) is 20.5. The summed E-state index contributed by atoms with van der Waals surface area (Å²) in [5.74, 6) is -0.552. The average molecular weight is 388 g/mol. The molecular formula is C20H22ClN3O3. The average Bonchev–Trinajstić information content (AvgIpc) is 2.66. The molecule has 0 spiro atoms. The topological polar surface area (TPSA) is 79.8 Å². The Morgan fingerprint density at radius 1 is 1.11 bits per heavy atom. The van der Waals surface area contributed by atoms with Gasteiger partial charge in [-0.1, -0.05) is 43.6 Å². The largest absolute Gasteiger partial charge is 0.489 e. The molecule has 2 N–H and O–H groups in total. The molecular weight excluding hydrogens is 366 g/mol. The molecule has 0 saturated heterocycles. The van der Waals surface area contributed by atoms with Gasteiger partial charge in [0, 0.05) is 17.1 Å². The summed E-state index contributed by atoms with van der Waals surface area (Å²) in [6.07, 6.45) is 1.45. The minimum absolute atomic E-state index is 0.268. The second-order valence-corrected chi connectivity index (χ2v) is 6.66. The summed E-state index contributed by atoms with van der Waals surface area (Å²) in [5, 5.41) is 6.96. The maximum atomic E-state index is 11.6. The zero-order valence-electron chi connectivity index (χ0n) is 15.2. The molecule has 0 aliphatic rings. The van der Waals surface area contributed by atoms with Gasteiger partial charge in [-0.15, -0.1) is 0 Å². The Kier molecular flexibility index (Phi) is 7.82. The molecule has 0 unspecified atom stereocenters. The van der Waals surface area contributed by atoms with Gasteiger partial charge >= 0.3 is 11.8 Å². The van der Waals surface area contributed by atoms with Crippen LogP contribution in [0.3, 0.4) is 0 Å². The van der Waals surface area contributed by atoms with Gasteiger partial charge in [-0.3, -0.25) is 9.59 Å². The highest BCUT2D eigenvalue weighted by atomic mass is 35.5. The lowest BCUT2D eigenvalue weighted by Crippen LogP contribution is -2.39. The molecule has 0 aliphatic heterocycles. The second-order valence-electron chi connectivity index (χ2n) is 6.25. The van der Waals surface area contributed by atoms with Gasteiger partial charge in [-0.2, -0.15) is 5.10 Å². The van der Waals surface area contributed by atoms with E-state index >= 15 is 0 Å². The molecule has 0 aromatic heterocycles. The predicted molar refractivity (Wildman–Crippen MR) is 106 cm³/mol. The zero-order chi connectivity index (χ0) is 19.6. The van der Waals surface area contributed by atoms with Crippen LogP contribution in [0.15, 0.2) is 53.6 Å². The van der Waals surface area contributed by atoms with E-state index in [0.29, 0.717) is 23.9 Å². The van der Waals surface area contributed by atoms with Crippen LogP contribution in [0.5, 0.6) is 5.75 Å². The molecule has 6 nitrogen and oxygen atoms in total. The van der Waals surface area contributed by atoms with Crippen LogP contribution in [0.25, 0.3) is 0 Å². The lowest BCUT2D eigenvalue weighted by Gasteiger charge is -2.08. The van der Waals surface area contributed by atoms with Gasteiger partial charge < -0.3 is 10.1 Å². The molecule has 7 heteroatoms. The second kappa shape index (κ2) is 10.3. The Labute approximate surface area is 163 Å². The van der Waals surface area contributed by atoms with E-state index in [-0.39, 0.29) is 5.92 Å². The van der Waals surface area contributed by atoms with E-state index in [9.17, 15) is 9.59 Å². The fourth-order valence-electron chi connectivity index (χ4n) is 2.02. The van der Waals surface area contributed by atoms with Crippen LogP contribution in [0, 0.1) is 5.92 Å². The molecule has 0 atom stereocenters. The van der Waals surface area contributed by atoms with Crippen molar-refractivity contribution in [1.82, 2.24) is 10.7 Å². The molecule has 27 heavy (non-hydrogen) atoms. The number of ether oxygens (including phenoxy) is 1. The number of carbonyl (C=O) groups is 2. The number of hydrogen-bond donors (Lipinski definition) is 2. The molecule has 0 fully saturated rings. The standard InChI is InChI=1S/C20H22ClN3O3/c1-14(2)11-22-19(25)20(26)24-23-12-15-7-9-17(10-8-15)27-13-16-5-3-4-6-18(16)21/h3-10,12,14H,11,13H2,1-2H3,(H,22,25)(H,24,26). The lowest BCUT2D eigenvalue weighted by atomic mass is 10.2. The fourth-order valence-corrected chi connectivity index (χ4v) is 2.21.